The smallest absolute Gasteiger partial charge is 0.269 e. The number of non-ortho nitro benzene ring substituents is 1. The lowest BCUT2D eigenvalue weighted by molar-refractivity contribution is -0.384. The third-order valence-corrected chi connectivity index (χ3v) is 2.31. The molecule has 0 aliphatic rings. The van der Waals surface area contributed by atoms with E-state index in [0.29, 0.717) is 5.56 Å². The third kappa shape index (κ3) is 3.91. The van der Waals surface area contributed by atoms with Crippen LogP contribution in [0.25, 0.3) is 0 Å². The number of benzene rings is 1. The van der Waals surface area contributed by atoms with Gasteiger partial charge in [0.15, 0.2) is 5.71 Å². The first-order valence-corrected chi connectivity index (χ1v) is 5.64. The summed E-state index contributed by atoms with van der Waals surface area (Å²) in [5.74, 6) is 5.65. The Morgan fingerprint density at radius 3 is 2.61 bits per heavy atom. The Bertz CT molecular complexity index is 495. The largest absolute Gasteiger partial charge is 0.410 e. The molecule has 1 aromatic carbocycles. The molecule has 0 unspecified atom stereocenters. The number of nitro benzene ring substituents is 1. The van der Waals surface area contributed by atoms with Crippen molar-refractivity contribution in [2.45, 2.75) is 26.2 Å². The van der Waals surface area contributed by atoms with Gasteiger partial charge in [0.1, 0.15) is 0 Å². The fourth-order valence-corrected chi connectivity index (χ4v) is 1.31. The quantitative estimate of drug-likeness (QED) is 0.221. The monoisotopic (exact) mass is 246 g/mol. The second kappa shape index (κ2) is 7.07. The Morgan fingerprint density at radius 1 is 1.44 bits per heavy atom. The van der Waals surface area contributed by atoms with Gasteiger partial charge in [0.25, 0.3) is 5.69 Å². The van der Waals surface area contributed by atoms with E-state index in [2.05, 4.69) is 23.9 Å². The van der Waals surface area contributed by atoms with Crippen molar-refractivity contribution in [1.82, 2.24) is 0 Å². The molecule has 94 valence electrons. The molecule has 0 aliphatic heterocycles. The van der Waals surface area contributed by atoms with Gasteiger partial charge in [-0.2, -0.15) is 0 Å². The summed E-state index contributed by atoms with van der Waals surface area (Å²) < 4.78 is 0. The number of unbranched alkanes of at least 4 members (excludes halogenated alkanes) is 2. The van der Waals surface area contributed by atoms with E-state index in [1.807, 2.05) is 0 Å². The molecule has 0 heterocycles. The molecule has 1 rings (SSSR count). The summed E-state index contributed by atoms with van der Waals surface area (Å²) in [5, 5.41) is 22.5. The molecule has 0 bridgehead atoms. The average Bonchev–Trinajstić information content (AvgIpc) is 2.39. The first-order chi connectivity index (χ1) is 8.69. The number of hydrogen-bond donors (Lipinski definition) is 1. The summed E-state index contributed by atoms with van der Waals surface area (Å²) in [6.45, 7) is 2.07. The van der Waals surface area contributed by atoms with Gasteiger partial charge in [-0.3, -0.25) is 10.1 Å². The van der Waals surface area contributed by atoms with Gasteiger partial charge in [-0.15, -0.1) is 0 Å². The summed E-state index contributed by atoms with van der Waals surface area (Å²) >= 11 is 0. The van der Waals surface area contributed by atoms with Crippen LogP contribution in [0.2, 0.25) is 0 Å². The van der Waals surface area contributed by atoms with Crippen LogP contribution in [0.5, 0.6) is 0 Å². The summed E-state index contributed by atoms with van der Waals surface area (Å²) in [4.78, 5) is 10.0. The second-order valence-corrected chi connectivity index (χ2v) is 3.66. The maximum absolute atomic E-state index is 10.5. The van der Waals surface area contributed by atoms with Crippen LogP contribution >= 0.6 is 0 Å². The Morgan fingerprint density at radius 2 is 2.11 bits per heavy atom. The zero-order valence-corrected chi connectivity index (χ0v) is 10.1. The molecule has 0 fully saturated rings. The molecule has 0 amide bonds. The molecule has 0 spiro atoms. The molecular weight excluding hydrogens is 232 g/mol. The van der Waals surface area contributed by atoms with Crippen molar-refractivity contribution in [3.63, 3.8) is 0 Å². The van der Waals surface area contributed by atoms with Gasteiger partial charge >= 0.3 is 0 Å². The summed E-state index contributed by atoms with van der Waals surface area (Å²) in [6, 6.07) is 5.74. The fraction of sp³-hybridized carbons (Fsp3) is 0.308. The number of rotatable bonds is 4. The highest BCUT2D eigenvalue weighted by Gasteiger charge is 2.06. The standard InChI is InChI=1S/C13H14N2O3/c1-2-3-4-5-6-13(14-16)11-7-9-12(10-8-11)15(17)18/h7-10,16H,2-4H2,1H3/b14-13+. The van der Waals surface area contributed by atoms with Gasteiger partial charge in [-0.05, 0) is 24.5 Å². The van der Waals surface area contributed by atoms with E-state index in [0.717, 1.165) is 19.3 Å². The van der Waals surface area contributed by atoms with Crippen LogP contribution in [-0.4, -0.2) is 15.8 Å². The minimum atomic E-state index is -0.480. The van der Waals surface area contributed by atoms with Gasteiger partial charge in [-0.1, -0.05) is 24.4 Å². The van der Waals surface area contributed by atoms with E-state index in [-0.39, 0.29) is 11.4 Å². The molecular formula is C13H14N2O3. The van der Waals surface area contributed by atoms with Crippen LogP contribution in [0.3, 0.4) is 0 Å². The van der Waals surface area contributed by atoms with Crippen LogP contribution < -0.4 is 0 Å². The maximum Gasteiger partial charge on any atom is 0.269 e. The lowest BCUT2D eigenvalue weighted by atomic mass is 10.1. The third-order valence-electron chi connectivity index (χ3n) is 2.31. The van der Waals surface area contributed by atoms with Gasteiger partial charge in [0, 0.05) is 24.1 Å². The Labute approximate surface area is 105 Å². The zero-order chi connectivity index (χ0) is 13.4. The van der Waals surface area contributed by atoms with E-state index in [9.17, 15) is 10.1 Å². The first kappa shape index (κ1) is 13.7. The van der Waals surface area contributed by atoms with Crippen molar-refractivity contribution in [2.75, 3.05) is 0 Å². The molecule has 5 nitrogen and oxygen atoms in total. The fourth-order valence-electron chi connectivity index (χ4n) is 1.31. The second-order valence-electron chi connectivity index (χ2n) is 3.66. The highest BCUT2D eigenvalue weighted by molar-refractivity contribution is 6.12. The molecule has 0 radical (unpaired) electrons. The van der Waals surface area contributed by atoms with E-state index in [1.54, 1.807) is 0 Å². The number of nitrogens with zero attached hydrogens (tertiary/aromatic N) is 2. The maximum atomic E-state index is 10.5. The van der Waals surface area contributed by atoms with E-state index in [4.69, 9.17) is 5.21 Å². The SMILES string of the molecule is CCCCC#C/C(=N\O)c1ccc([N+](=O)[O-])cc1. The molecule has 0 saturated carbocycles. The van der Waals surface area contributed by atoms with E-state index in [1.165, 1.54) is 24.3 Å². The molecule has 0 aliphatic carbocycles. The summed E-state index contributed by atoms with van der Waals surface area (Å²) in [5.41, 5.74) is 0.781. The minimum Gasteiger partial charge on any atom is -0.410 e. The van der Waals surface area contributed by atoms with Crippen molar-refractivity contribution in [2.24, 2.45) is 5.16 Å². The lowest BCUT2D eigenvalue weighted by Crippen LogP contribution is -1.98. The van der Waals surface area contributed by atoms with Crippen LogP contribution in [0.4, 0.5) is 5.69 Å². The Balaban J connectivity index is 2.82. The van der Waals surface area contributed by atoms with Crippen LogP contribution in [-0.2, 0) is 0 Å². The zero-order valence-electron chi connectivity index (χ0n) is 10.1. The Hall–Kier alpha value is -2.35. The Kier molecular flexibility index (Phi) is 5.39. The molecule has 1 N–H and O–H groups in total. The van der Waals surface area contributed by atoms with Gasteiger partial charge in [0.05, 0.1) is 4.92 Å². The minimum absolute atomic E-state index is 0.00465. The summed E-state index contributed by atoms with van der Waals surface area (Å²) in [7, 11) is 0. The average molecular weight is 246 g/mol. The van der Waals surface area contributed by atoms with Gasteiger partial charge in [-0.25, -0.2) is 0 Å². The highest BCUT2D eigenvalue weighted by Crippen LogP contribution is 2.12. The summed E-state index contributed by atoms with van der Waals surface area (Å²) in [6.07, 6.45) is 2.78. The van der Waals surface area contributed by atoms with Crippen LogP contribution in [0, 0.1) is 22.0 Å². The lowest BCUT2D eigenvalue weighted by Gasteiger charge is -1.96. The van der Waals surface area contributed by atoms with Crippen molar-refractivity contribution in [3.8, 4) is 11.8 Å². The molecule has 0 aromatic heterocycles. The number of nitro groups is 1. The molecule has 0 saturated heterocycles. The van der Waals surface area contributed by atoms with Gasteiger partial charge in [0.2, 0.25) is 0 Å². The molecule has 1 aromatic rings. The van der Waals surface area contributed by atoms with Crippen molar-refractivity contribution < 1.29 is 10.1 Å². The first-order valence-electron chi connectivity index (χ1n) is 5.64. The predicted molar refractivity (Wildman–Crippen MR) is 68.7 cm³/mol. The van der Waals surface area contributed by atoms with Crippen molar-refractivity contribution in [1.29, 1.82) is 0 Å². The van der Waals surface area contributed by atoms with Crippen LogP contribution in [0.1, 0.15) is 31.7 Å². The van der Waals surface area contributed by atoms with Gasteiger partial charge < -0.3 is 5.21 Å². The highest BCUT2D eigenvalue weighted by atomic mass is 16.6. The predicted octanol–water partition coefficient (Wildman–Crippen LogP) is 2.97. The van der Waals surface area contributed by atoms with E-state index < -0.39 is 4.92 Å². The normalized spacial score (nSPS) is 10.6. The van der Waals surface area contributed by atoms with Crippen molar-refractivity contribution >= 4 is 11.4 Å². The molecule has 5 heteroatoms. The topological polar surface area (TPSA) is 75.7 Å². The van der Waals surface area contributed by atoms with E-state index >= 15 is 0 Å². The van der Waals surface area contributed by atoms with Crippen LogP contribution in [0.15, 0.2) is 29.4 Å². The molecule has 0 atom stereocenters. The number of oxime groups is 1. The number of hydrogen-bond acceptors (Lipinski definition) is 4. The molecule has 18 heavy (non-hydrogen) atoms. The van der Waals surface area contributed by atoms with Crippen molar-refractivity contribution in [3.05, 3.63) is 39.9 Å².